The number of aromatic nitrogens is 1. The van der Waals surface area contributed by atoms with E-state index in [1.54, 1.807) is 11.3 Å². The highest BCUT2D eigenvalue weighted by atomic mass is 32.1. The molecule has 1 aromatic carbocycles. The monoisotopic (exact) mass is 278 g/mol. The van der Waals surface area contributed by atoms with Crippen LogP contribution >= 0.6 is 11.3 Å². The van der Waals surface area contributed by atoms with Gasteiger partial charge >= 0.3 is 5.97 Å². The van der Waals surface area contributed by atoms with Crippen LogP contribution in [0.5, 0.6) is 0 Å². The number of nitrogens with zero attached hydrogens (tertiary/aromatic N) is 1. The third kappa shape index (κ3) is 3.51. The molecule has 1 atom stereocenters. The predicted octanol–water partition coefficient (Wildman–Crippen LogP) is 1.65. The van der Waals surface area contributed by atoms with E-state index in [2.05, 4.69) is 4.98 Å². The minimum Gasteiger partial charge on any atom is -0.453 e. The number of primary amides is 1. The molecular formula is C13H14N2O3S. The van der Waals surface area contributed by atoms with Gasteiger partial charge in [-0.2, -0.15) is 0 Å². The number of carbonyl (C=O) groups is 2. The third-order valence-electron chi connectivity index (χ3n) is 2.59. The maximum atomic E-state index is 11.5. The van der Waals surface area contributed by atoms with Crippen LogP contribution in [0.4, 0.5) is 0 Å². The van der Waals surface area contributed by atoms with Crippen molar-refractivity contribution in [2.45, 2.75) is 25.9 Å². The minimum atomic E-state index is -0.886. The molecule has 2 aromatic rings. The summed E-state index contributed by atoms with van der Waals surface area (Å²) < 4.78 is 5.96. The van der Waals surface area contributed by atoms with Gasteiger partial charge in [-0.3, -0.25) is 9.59 Å². The van der Waals surface area contributed by atoms with Crippen molar-refractivity contribution in [3.05, 3.63) is 29.3 Å². The van der Waals surface area contributed by atoms with Crippen molar-refractivity contribution >= 4 is 33.4 Å². The van der Waals surface area contributed by atoms with Gasteiger partial charge < -0.3 is 10.5 Å². The average molecular weight is 278 g/mol. The standard InChI is InChI=1S/C13H14N2O3S/c1-8(13(14)17)18-12(16)7-6-11-15-9-4-2-3-5-10(9)19-11/h2-5,8H,6-7H2,1H3,(H2,14,17)/t8-/m0/s1. The van der Waals surface area contributed by atoms with E-state index in [-0.39, 0.29) is 6.42 Å². The number of fused-ring (bicyclic) bond motifs is 1. The van der Waals surface area contributed by atoms with Gasteiger partial charge in [-0.1, -0.05) is 12.1 Å². The molecule has 0 aliphatic heterocycles. The van der Waals surface area contributed by atoms with Gasteiger partial charge in [0.1, 0.15) is 0 Å². The van der Waals surface area contributed by atoms with Crippen molar-refractivity contribution < 1.29 is 14.3 Å². The Bertz CT molecular complexity index is 576. The van der Waals surface area contributed by atoms with Crippen molar-refractivity contribution in [3.63, 3.8) is 0 Å². The van der Waals surface area contributed by atoms with Crippen LogP contribution in [0.25, 0.3) is 10.2 Å². The Morgan fingerprint density at radius 1 is 1.42 bits per heavy atom. The normalized spacial score (nSPS) is 12.3. The number of esters is 1. The Morgan fingerprint density at radius 2 is 2.16 bits per heavy atom. The summed E-state index contributed by atoms with van der Waals surface area (Å²) in [6.07, 6.45) is -0.191. The molecule has 1 amide bonds. The highest BCUT2D eigenvalue weighted by Crippen LogP contribution is 2.22. The fourth-order valence-electron chi connectivity index (χ4n) is 1.55. The smallest absolute Gasteiger partial charge is 0.306 e. The van der Waals surface area contributed by atoms with E-state index in [1.807, 2.05) is 24.3 Å². The number of rotatable bonds is 5. The molecule has 6 heteroatoms. The molecule has 2 rings (SSSR count). The average Bonchev–Trinajstić information content (AvgIpc) is 2.78. The molecule has 0 bridgehead atoms. The lowest BCUT2D eigenvalue weighted by molar-refractivity contribution is -0.153. The van der Waals surface area contributed by atoms with Crippen LogP contribution < -0.4 is 5.73 Å². The molecule has 5 nitrogen and oxygen atoms in total. The summed E-state index contributed by atoms with van der Waals surface area (Å²) in [4.78, 5) is 26.7. The number of amides is 1. The molecule has 0 saturated carbocycles. The number of thiazole rings is 1. The molecule has 1 heterocycles. The van der Waals surface area contributed by atoms with Gasteiger partial charge in [0.25, 0.3) is 5.91 Å². The zero-order valence-electron chi connectivity index (χ0n) is 10.5. The van der Waals surface area contributed by atoms with Gasteiger partial charge in [-0.05, 0) is 19.1 Å². The molecule has 100 valence electrons. The quantitative estimate of drug-likeness (QED) is 0.843. The van der Waals surface area contributed by atoms with Gasteiger partial charge in [-0.25, -0.2) is 4.98 Å². The maximum Gasteiger partial charge on any atom is 0.306 e. The van der Waals surface area contributed by atoms with Crippen molar-refractivity contribution in [2.75, 3.05) is 0 Å². The van der Waals surface area contributed by atoms with E-state index in [0.29, 0.717) is 6.42 Å². The maximum absolute atomic E-state index is 11.5. The summed E-state index contributed by atoms with van der Waals surface area (Å²) in [6.45, 7) is 1.46. The number of aryl methyl sites for hydroxylation is 1. The van der Waals surface area contributed by atoms with Crippen LogP contribution in [-0.4, -0.2) is 23.0 Å². The highest BCUT2D eigenvalue weighted by Gasteiger charge is 2.15. The third-order valence-corrected chi connectivity index (χ3v) is 3.69. The Balaban J connectivity index is 1.91. The molecule has 0 spiro atoms. The number of hydrogen-bond acceptors (Lipinski definition) is 5. The first-order chi connectivity index (χ1) is 9.06. The fraction of sp³-hybridized carbons (Fsp3) is 0.308. The van der Waals surface area contributed by atoms with Gasteiger partial charge in [0.05, 0.1) is 21.6 Å². The molecule has 0 aliphatic rings. The summed E-state index contributed by atoms with van der Waals surface area (Å²) in [5.41, 5.74) is 5.95. The highest BCUT2D eigenvalue weighted by molar-refractivity contribution is 7.18. The molecule has 0 radical (unpaired) electrons. The Labute approximate surface area is 114 Å². The molecule has 0 unspecified atom stereocenters. The summed E-state index contributed by atoms with van der Waals surface area (Å²) >= 11 is 1.55. The van der Waals surface area contributed by atoms with Crippen molar-refractivity contribution in [1.29, 1.82) is 0 Å². The number of ether oxygens (including phenoxy) is 1. The van der Waals surface area contributed by atoms with Crippen LogP contribution in [0, 0.1) is 0 Å². The number of carbonyl (C=O) groups excluding carboxylic acids is 2. The van der Waals surface area contributed by atoms with E-state index < -0.39 is 18.0 Å². The summed E-state index contributed by atoms with van der Waals surface area (Å²) in [5, 5.41) is 0.880. The second-order valence-corrected chi connectivity index (χ2v) is 5.22. The molecule has 0 fully saturated rings. The van der Waals surface area contributed by atoms with Gasteiger partial charge in [0.2, 0.25) is 0 Å². The van der Waals surface area contributed by atoms with Gasteiger partial charge in [0.15, 0.2) is 6.10 Å². The Kier molecular flexibility index (Phi) is 4.11. The molecule has 1 aromatic heterocycles. The van der Waals surface area contributed by atoms with Crippen LogP contribution in [0.3, 0.4) is 0 Å². The van der Waals surface area contributed by atoms with E-state index >= 15 is 0 Å². The van der Waals surface area contributed by atoms with E-state index in [9.17, 15) is 9.59 Å². The topological polar surface area (TPSA) is 82.3 Å². The van der Waals surface area contributed by atoms with Crippen molar-refractivity contribution in [3.8, 4) is 0 Å². The molecule has 0 saturated heterocycles. The van der Waals surface area contributed by atoms with Gasteiger partial charge in [0, 0.05) is 6.42 Å². The number of nitrogens with two attached hydrogens (primary N) is 1. The van der Waals surface area contributed by atoms with E-state index in [0.717, 1.165) is 15.2 Å². The summed E-state index contributed by atoms with van der Waals surface area (Å²) in [5.74, 6) is -1.08. The van der Waals surface area contributed by atoms with Crippen LogP contribution in [0.2, 0.25) is 0 Å². The zero-order valence-corrected chi connectivity index (χ0v) is 11.3. The van der Waals surface area contributed by atoms with Crippen LogP contribution in [0.15, 0.2) is 24.3 Å². The summed E-state index contributed by atoms with van der Waals surface area (Å²) in [6, 6.07) is 7.80. The van der Waals surface area contributed by atoms with E-state index in [4.69, 9.17) is 10.5 Å². The zero-order chi connectivity index (χ0) is 13.8. The molecular weight excluding hydrogens is 264 g/mol. The van der Waals surface area contributed by atoms with E-state index in [1.165, 1.54) is 6.92 Å². The Morgan fingerprint density at radius 3 is 2.84 bits per heavy atom. The number of hydrogen-bond donors (Lipinski definition) is 1. The molecule has 2 N–H and O–H groups in total. The van der Waals surface area contributed by atoms with Crippen LogP contribution in [-0.2, 0) is 20.7 Å². The predicted molar refractivity (Wildman–Crippen MR) is 72.7 cm³/mol. The second kappa shape index (κ2) is 5.79. The molecule has 19 heavy (non-hydrogen) atoms. The van der Waals surface area contributed by atoms with Crippen LogP contribution in [0.1, 0.15) is 18.4 Å². The lowest BCUT2D eigenvalue weighted by Crippen LogP contribution is -2.30. The Hall–Kier alpha value is -1.95. The minimum absolute atomic E-state index is 0.192. The first-order valence-corrected chi connectivity index (χ1v) is 6.71. The van der Waals surface area contributed by atoms with Crippen molar-refractivity contribution in [2.24, 2.45) is 5.73 Å². The molecule has 0 aliphatic carbocycles. The first-order valence-electron chi connectivity index (χ1n) is 5.89. The number of para-hydroxylation sites is 1. The first kappa shape index (κ1) is 13.5. The lowest BCUT2D eigenvalue weighted by atomic mass is 10.3. The fourth-order valence-corrected chi connectivity index (χ4v) is 2.52. The SMILES string of the molecule is C[C@H](OC(=O)CCc1nc2ccccc2s1)C(N)=O. The second-order valence-electron chi connectivity index (χ2n) is 4.11. The van der Waals surface area contributed by atoms with Gasteiger partial charge in [-0.15, -0.1) is 11.3 Å². The largest absolute Gasteiger partial charge is 0.453 e. The lowest BCUT2D eigenvalue weighted by Gasteiger charge is -2.08. The van der Waals surface area contributed by atoms with Crippen molar-refractivity contribution in [1.82, 2.24) is 4.98 Å². The number of benzene rings is 1. The summed E-state index contributed by atoms with van der Waals surface area (Å²) in [7, 11) is 0.